The van der Waals surface area contributed by atoms with Gasteiger partial charge in [0.2, 0.25) is 0 Å². The monoisotopic (exact) mass is 284 g/mol. The number of hydrogen-bond acceptors (Lipinski definition) is 5. The van der Waals surface area contributed by atoms with Crippen LogP contribution in [-0.2, 0) is 20.1 Å². The first-order valence-electron chi connectivity index (χ1n) is 6.73. The van der Waals surface area contributed by atoms with E-state index in [1.807, 2.05) is 18.2 Å². The molecular formula is C14H16N6O. The molecule has 1 N–H and O–H groups in total. The van der Waals surface area contributed by atoms with Crippen LogP contribution in [0.4, 0.5) is 0 Å². The number of hydrogen-bond donors (Lipinski definition) is 1. The average molecular weight is 284 g/mol. The van der Waals surface area contributed by atoms with Crippen LogP contribution < -0.4 is 10.9 Å². The van der Waals surface area contributed by atoms with Gasteiger partial charge in [-0.1, -0.05) is 6.07 Å². The maximum absolute atomic E-state index is 12.2. The van der Waals surface area contributed by atoms with E-state index in [1.165, 1.54) is 0 Å². The van der Waals surface area contributed by atoms with Gasteiger partial charge in [-0.05, 0) is 12.1 Å². The second kappa shape index (κ2) is 5.84. The minimum atomic E-state index is -0.0623. The molecule has 0 saturated carbocycles. The van der Waals surface area contributed by atoms with Crippen molar-refractivity contribution in [3.05, 3.63) is 53.0 Å². The lowest BCUT2D eigenvalue weighted by atomic mass is 10.3. The first-order valence-corrected chi connectivity index (χ1v) is 6.73. The summed E-state index contributed by atoms with van der Waals surface area (Å²) in [5.41, 5.74) is 1.52. The maximum atomic E-state index is 12.2. The van der Waals surface area contributed by atoms with Crippen molar-refractivity contribution in [3.63, 3.8) is 0 Å². The summed E-state index contributed by atoms with van der Waals surface area (Å²) in [4.78, 5) is 20.7. The van der Waals surface area contributed by atoms with Crippen molar-refractivity contribution in [3.8, 4) is 0 Å². The minimum absolute atomic E-state index is 0.0623. The van der Waals surface area contributed by atoms with Gasteiger partial charge < -0.3 is 5.32 Å². The molecule has 0 radical (unpaired) electrons. The van der Waals surface area contributed by atoms with Crippen LogP contribution >= 0.6 is 0 Å². The van der Waals surface area contributed by atoms with Crippen LogP contribution in [0.1, 0.15) is 5.69 Å². The van der Waals surface area contributed by atoms with Crippen LogP contribution in [0.25, 0.3) is 11.0 Å². The van der Waals surface area contributed by atoms with Gasteiger partial charge in [0.1, 0.15) is 11.7 Å². The number of rotatable bonds is 5. The molecule has 3 aromatic heterocycles. The van der Waals surface area contributed by atoms with Crippen molar-refractivity contribution >= 4 is 11.0 Å². The van der Waals surface area contributed by atoms with Gasteiger partial charge in [0.05, 0.1) is 11.9 Å². The summed E-state index contributed by atoms with van der Waals surface area (Å²) >= 11 is 0. The van der Waals surface area contributed by atoms with E-state index >= 15 is 0 Å². The summed E-state index contributed by atoms with van der Waals surface area (Å²) in [5, 5.41) is 7.86. The molecule has 7 nitrogen and oxygen atoms in total. The second-order valence-corrected chi connectivity index (χ2v) is 4.75. The Balaban J connectivity index is 1.63. The summed E-state index contributed by atoms with van der Waals surface area (Å²) in [5.74, 6) is 0. The summed E-state index contributed by atoms with van der Waals surface area (Å²) < 4.78 is 3.19. The van der Waals surface area contributed by atoms with E-state index in [0.717, 1.165) is 5.69 Å². The van der Waals surface area contributed by atoms with Crippen molar-refractivity contribution in [2.45, 2.75) is 13.1 Å². The Hall–Kier alpha value is -2.54. The van der Waals surface area contributed by atoms with Crippen LogP contribution in [0.15, 0.2) is 41.7 Å². The molecule has 0 amide bonds. The van der Waals surface area contributed by atoms with Gasteiger partial charge >= 0.3 is 0 Å². The van der Waals surface area contributed by atoms with Gasteiger partial charge in [0.15, 0.2) is 5.65 Å². The highest BCUT2D eigenvalue weighted by molar-refractivity contribution is 5.72. The molecule has 0 aromatic carbocycles. The normalized spacial score (nSPS) is 11.1. The summed E-state index contributed by atoms with van der Waals surface area (Å²) in [6.45, 7) is 1.91. The van der Waals surface area contributed by atoms with Gasteiger partial charge in [0.25, 0.3) is 5.56 Å². The molecule has 0 unspecified atom stereocenters. The van der Waals surface area contributed by atoms with Crippen LogP contribution in [0.3, 0.4) is 0 Å². The molecule has 3 aromatic rings. The summed E-state index contributed by atoms with van der Waals surface area (Å²) in [6.07, 6.45) is 4.89. The number of fused-ring (bicyclic) bond motifs is 1. The van der Waals surface area contributed by atoms with E-state index in [1.54, 1.807) is 35.0 Å². The third-order valence-corrected chi connectivity index (χ3v) is 3.28. The van der Waals surface area contributed by atoms with Gasteiger partial charge in [-0.15, -0.1) is 0 Å². The van der Waals surface area contributed by atoms with E-state index in [2.05, 4.69) is 20.4 Å². The average Bonchev–Trinajstić information content (AvgIpc) is 2.89. The molecule has 0 aliphatic carbocycles. The predicted octanol–water partition coefficient (Wildman–Crippen LogP) is 0.315. The Kier molecular flexibility index (Phi) is 3.74. The van der Waals surface area contributed by atoms with Gasteiger partial charge in [0, 0.05) is 32.9 Å². The summed E-state index contributed by atoms with van der Waals surface area (Å²) in [7, 11) is 1.77. The zero-order valence-corrected chi connectivity index (χ0v) is 11.7. The number of pyridine rings is 1. The molecule has 0 atom stereocenters. The topological polar surface area (TPSA) is 77.6 Å². The molecule has 0 saturated heterocycles. The molecule has 108 valence electrons. The van der Waals surface area contributed by atoms with Crippen molar-refractivity contribution in [2.75, 3.05) is 6.54 Å². The van der Waals surface area contributed by atoms with Crippen LogP contribution in [0.2, 0.25) is 0 Å². The molecule has 3 heterocycles. The fourth-order valence-corrected chi connectivity index (χ4v) is 2.14. The van der Waals surface area contributed by atoms with Crippen LogP contribution in [0, 0.1) is 0 Å². The number of aromatic nitrogens is 5. The third kappa shape index (κ3) is 2.82. The fraction of sp³-hybridized carbons (Fsp3) is 0.286. The minimum Gasteiger partial charge on any atom is -0.309 e. The molecule has 21 heavy (non-hydrogen) atoms. The highest BCUT2D eigenvalue weighted by atomic mass is 16.1. The lowest BCUT2D eigenvalue weighted by molar-refractivity contribution is 0.577. The van der Waals surface area contributed by atoms with Crippen molar-refractivity contribution in [2.24, 2.45) is 7.05 Å². The zero-order chi connectivity index (χ0) is 14.7. The molecule has 3 rings (SSSR count). The molecule has 7 heteroatoms. The Morgan fingerprint density at radius 3 is 3.00 bits per heavy atom. The highest BCUT2D eigenvalue weighted by Gasteiger charge is 2.07. The zero-order valence-electron chi connectivity index (χ0n) is 11.7. The maximum Gasteiger partial charge on any atom is 0.264 e. The van der Waals surface area contributed by atoms with E-state index in [9.17, 15) is 4.79 Å². The third-order valence-electron chi connectivity index (χ3n) is 3.28. The van der Waals surface area contributed by atoms with Crippen molar-refractivity contribution < 1.29 is 0 Å². The Morgan fingerprint density at radius 1 is 1.29 bits per heavy atom. The lowest BCUT2D eigenvalue weighted by Crippen LogP contribution is -2.27. The largest absolute Gasteiger partial charge is 0.309 e. The lowest BCUT2D eigenvalue weighted by Gasteiger charge is -2.07. The predicted molar refractivity (Wildman–Crippen MR) is 78.7 cm³/mol. The Labute approximate surface area is 121 Å². The van der Waals surface area contributed by atoms with Crippen molar-refractivity contribution in [1.82, 2.24) is 29.6 Å². The fourth-order valence-electron chi connectivity index (χ4n) is 2.14. The van der Waals surface area contributed by atoms with E-state index in [4.69, 9.17) is 0 Å². The molecule has 0 aliphatic heterocycles. The first-order chi connectivity index (χ1) is 10.3. The highest BCUT2D eigenvalue weighted by Crippen LogP contribution is 2.02. The standard InChI is InChI=1S/C14H16N6O/c1-19-13-12(9-18-19)14(21)20(10-17-13)7-6-15-8-11-4-2-3-5-16-11/h2-5,9-10,15H,6-8H2,1H3. The quantitative estimate of drug-likeness (QED) is 0.683. The van der Waals surface area contributed by atoms with Crippen molar-refractivity contribution in [1.29, 1.82) is 0 Å². The van der Waals surface area contributed by atoms with E-state index in [-0.39, 0.29) is 5.56 Å². The first kappa shape index (κ1) is 13.4. The second-order valence-electron chi connectivity index (χ2n) is 4.75. The number of nitrogens with one attached hydrogen (secondary N) is 1. The molecule has 0 spiro atoms. The molecule has 0 bridgehead atoms. The SMILES string of the molecule is Cn1ncc2c(=O)n(CCNCc3ccccn3)cnc21. The Bertz CT molecular complexity index is 792. The van der Waals surface area contributed by atoms with Gasteiger partial charge in [-0.2, -0.15) is 5.10 Å². The van der Waals surface area contributed by atoms with E-state index < -0.39 is 0 Å². The summed E-state index contributed by atoms with van der Waals surface area (Å²) in [6, 6.07) is 5.80. The van der Waals surface area contributed by atoms with Crippen LogP contribution in [-0.4, -0.2) is 30.9 Å². The molecular weight excluding hydrogens is 268 g/mol. The van der Waals surface area contributed by atoms with E-state index in [0.29, 0.717) is 30.7 Å². The smallest absolute Gasteiger partial charge is 0.264 e. The molecule has 0 aliphatic rings. The van der Waals surface area contributed by atoms with Gasteiger partial charge in [-0.3, -0.25) is 19.0 Å². The Morgan fingerprint density at radius 2 is 2.19 bits per heavy atom. The number of aryl methyl sites for hydroxylation is 1. The molecule has 0 fully saturated rings. The van der Waals surface area contributed by atoms with Crippen LogP contribution in [0.5, 0.6) is 0 Å². The number of nitrogens with zero attached hydrogens (tertiary/aromatic N) is 5. The van der Waals surface area contributed by atoms with Gasteiger partial charge in [-0.25, -0.2) is 4.98 Å².